The molecule has 0 fully saturated rings. The molecule has 0 unspecified atom stereocenters. The number of para-hydroxylation sites is 1. The van der Waals surface area contributed by atoms with Gasteiger partial charge in [0.05, 0.1) is 17.2 Å². The lowest BCUT2D eigenvalue weighted by atomic mass is 10.1. The van der Waals surface area contributed by atoms with Crippen molar-refractivity contribution in [3.63, 3.8) is 0 Å². The van der Waals surface area contributed by atoms with Crippen molar-refractivity contribution < 1.29 is 9.53 Å². The molecule has 0 atom stereocenters. The van der Waals surface area contributed by atoms with E-state index < -0.39 is 0 Å². The Kier molecular flexibility index (Phi) is 5.31. The van der Waals surface area contributed by atoms with Crippen LogP contribution in [0.2, 0.25) is 5.02 Å². The summed E-state index contributed by atoms with van der Waals surface area (Å²) >= 11 is 6.09. The number of nitrogens with zero attached hydrogens (tertiary/aromatic N) is 1. The maximum Gasteiger partial charge on any atom is 0.258 e. The average molecular weight is 305 g/mol. The minimum atomic E-state index is -0.281. The molecule has 0 radical (unpaired) electrons. The van der Waals surface area contributed by atoms with Gasteiger partial charge < -0.3 is 10.1 Å². The second-order valence-corrected chi connectivity index (χ2v) is 4.96. The fraction of sp³-hybridized carbons (Fsp3) is 0.250. The predicted octanol–water partition coefficient (Wildman–Crippen LogP) is 3.83. The fourth-order valence-corrected chi connectivity index (χ4v) is 2.16. The summed E-state index contributed by atoms with van der Waals surface area (Å²) in [6.07, 6.45) is 1.48. The summed E-state index contributed by atoms with van der Waals surface area (Å²) in [5.74, 6) is -0.281. The smallest absolute Gasteiger partial charge is 0.258 e. The summed E-state index contributed by atoms with van der Waals surface area (Å²) in [5.41, 5.74) is 2.76. The van der Waals surface area contributed by atoms with Crippen LogP contribution in [-0.2, 0) is 11.3 Å². The van der Waals surface area contributed by atoms with Crippen molar-refractivity contribution in [1.82, 2.24) is 4.98 Å². The maximum atomic E-state index is 12.3. The molecule has 0 saturated heterocycles. The Morgan fingerprint density at radius 2 is 2.14 bits per heavy atom. The Bertz CT molecular complexity index is 644. The Balaban J connectivity index is 2.19. The summed E-state index contributed by atoms with van der Waals surface area (Å²) in [6.45, 7) is 4.83. The molecule has 0 aliphatic heterocycles. The van der Waals surface area contributed by atoms with Crippen molar-refractivity contribution in [3.8, 4) is 0 Å². The molecule has 1 amide bonds. The van der Waals surface area contributed by atoms with Gasteiger partial charge in [-0.1, -0.05) is 29.8 Å². The van der Waals surface area contributed by atoms with Crippen LogP contribution in [0.4, 0.5) is 5.69 Å². The number of halogens is 1. The lowest BCUT2D eigenvalue weighted by molar-refractivity contribution is 0.102. The van der Waals surface area contributed by atoms with Crippen LogP contribution in [0, 0.1) is 6.92 Å². The third-order valence-corrected chi connectivity index (χ3v) is 3.27. The highest BCUT2D eigenvalue weighted by Gasteiger charge is 2.13. The number of benzene rings is 1. The van der Waals surface area contributed by atoms with E-state index in [0.717, 1.165) is 11.3 Å². The molecular formula is C16H17ClN2O2. The van der Waals surface area contributed by atoms with Crippen molar-refractivity contribution >= 4 is 23.2 Å². The number of ether oxygens (including phenoxy) is 1. The van der Waals surface area contributed by atoms with Crippen LogP contribution in [0.15, 0.2) is 36.5 Å². The van der Waals surface area contributed by atoms with Crippen molar-refractivity contribution in [3.05, 3.63) is 58.4 Å². The van der Waals surface area contributed by atoms with E-state index in [1.807, 2.05) is 38.1 Å². The number of carbonyl (C=O) groups is 1. The molecule has 0 aliphatic carbocycles. The average Bonchev–Trinajstić information content (AvgIpc) is 2.46. The summed E-state index contributed by atoms with van der Waals surface area (Å²) in [6, 6.07) is 9.19. The number of aryl methyl sites for hydroxylation is 1. The molecule has 4 nitrogen and oxygen atoms in total. The lowest BCUT2D eigenvalue weighted by Crippen LogP contribution is -2.14. The first-order valence-corrected chi connectivity index (χ1v) is 7.08. The van der Waals surface area contributed by atoms with Crippen LogP contribution in [0.25, 0.3) is 0 Å². The molecule has 5 heteroatoms. The van der Waals surface area contributed by atoms with Gasteiger partial charge in [-0.2, -0.15) is 0 Å². The van der Waals surface area contributed by atoms with Crippen molar-refractivity contribution in [2.24, 2.45) is 0 Å². The Hall–Kier alpha value is -1.91. The monoisotopic (exact) mass is 304 g/mol. The van der Waals surface area contributed by atoms with Crippen LogP contribution in [0.1, 0.15) is 28.5 Å². The Labute approximate surface area is 129 Å². The van der Waals surface area contributed by atoms with Crippen LogP contribution in [0.3, 0.4) is 0 Å². The summed E-state index contributed by atoms with van der Waals surface area (Å²) < 4.78 is 5.40. The first-order chi connectivity index (χ1) is 10.1. The molecule has 1 heterocycles. The van der Waals surface area contributed by atoms with Crippen molar-refractivity contribution in [1.29, 1.82) is 0 Å². The standard InChI is InChI=1S/C16H17ClN2O2/c1-3-21-10-12-6-4-5-7-15(12)19-16(20)13-9-18-11(2)8-14(13)17/h4-9H,3,10H2,1-2H3,(H,19,20). The number of pyridine rings is 1. The highest BCUT2D eigenvalue weighted by Crippen LogP contribution is 2.20. The summed E-state index contributed by atoms with van der Waals surface area (Å²) in [5, 5.41) is 3.24. The minimum Gasteiger partial charge on any atom is -0.377 e. The van der Waals surface area contributed by atoms with Gasteiger partial charge in [0, 0.05) is 29.7 Å². The van der Waals surface area contributed by atoms with Gasteiger partial charge in [0.1, 0.15) is 0 Å². The van der Waals surface area contributed by atoms with Crippen molar-refractivity contribution in [2.45, 2.75) is 20.5 Å². The molecule has 0 spiro atoms. The van der Waals surface area contributed by atoms with Gasteiger partial charge in [-0.25, -0.2) is 0 Å². The zero-order valence-electron chi connectivity index (χ0n) is 12.0. The van der Waals surface area contributed by atoms with Gasteiger partial charge in [0.2, 0.25) is 0 Å². The third-order valence-electron chi connectivity index (χ3n) is 2.96. The number of hydrogen-bond acceptors (Lipinski definition) is 3. The van der Waals surface area contributed by atoms with Crippen molar-refractivity contribution in [2.75, 3.05) is 11.9 Å². The summed E-state index contributed by atoms with van der Waals surface area (Å²) in [7, 11) is 0. The number of anilines is 1. The zero-order chi connectivity index (χ0) is 15.2. The predicted molar refractivity (Wildman–Crippen MR) is 83.7 cm³/mol. The lowest BCUT2D eigenvalue weighted by Gasteiger charge is -2.11. The quantitative estimate of drug-likeness (QED) is 0.913. The first-order valence-electron chi connectivity index (χ1n) is 6.71. The van der Waals surface area contributed by atoms with E-state index in [-0.39, 0.29) is 5.91 Å². The maximum absolute atomic E-state index is 12.3. The number of hydrogen-bond donors (Lipinski definition) is 1. The van der Waals surface area contributed by atoms with Crippen LogP contribution >= 0.6 is 11.6 Å². The normalized spacial score (nSPS) is 10.4. The number of rotatable bonds is 5. The second-order valence-electron chi connectivity index (χ2n) is 4.55. The highest BCUT2D eigenvalue weighted by atomic mass is 35.5. The summed E-state index contributed by atoms with van der Waals surface area (Å²) in [4.78, 5) is 16.4. The van der Waals surface area contributed by atoms with E-state index >= 15 is 0 Å². The zero-order valence-corrected chi connectivity index (χ0v) is 12.8. The van der Waals surface area contributed by atoms with Gasteiger partial charge in [-0.05, 0) is 26.0 Å². The Morgan fingerprint density at radius 1 is 1.38 bits per heavy atom. The molecule has 0 bridgehead atoms. The van der Waals surface area contributed by atoms with Gasteiger partial charge in [-0.3, -0.25) is 9.78 Å². The number of amides is 1. The molecule has 2 rings (SSSR count). The second kappa shape index (κ2) is 7.20. The molecule has 1 aromatic heterocycles. The number of nitrogens with one attached hydrogen (secondary N) is 1. The molecule has 21 heavy (non-hydrogen) atoms. The van der Waals surface area contributed by atoms with E-state index in [4.69, 9.17) is 16.3 Å². The fourth-order valence-electron chi connectivity index (χ4n) is 1.86. The van der Waals surface area contributed by atoms with Crippen LogP contribution in [0.5, 0.6) is 0 Å². The van der Waals surface area contributed by atoms with Gasteiger partial charge in [-0.15, -0.1) is 0 Å². The van der Waals surface area contributed by atoms with Gasteiger partial charge in [0.15, 0.2) is 0 Å². The van der Waals surface area contributed by atoms with E-state index in [9.17, 15) is 4.79 Å². The molecule has 2 aromatic rings. The van der Waals surface area contributed by atoms with Crippen LogP contribution < -0.4 is 5.32 Å². The molecule has 1 N–H and O–H groups in total. The molecule has 0 saturated carbocycles. The highest BCUT2D eigenvalue weighted by molar-refractivity contribution is 6.34. The third kappa shape index (κ3) is 4.03. The van der Waals surface area contributed by atoms with E-state index in [2.05, 4.69) is 10.3 Å². The molecule has 110 valence electrons. The molecule has 1 aromatic carbocycles. The van der Waals surface area contributed by atoms with E-state index in [1.165, 1.54) is 6.20 Å². The van der Waals surface area contributed by atoms with E-state index in [0.29, 0.717) is 29.5 Å². The van der Waals surface area contributed by atoms with Crippen LogP contribution in [-0.4, -0.2) is 17.5 Å². The first kappa shape index (κ1) is 15.5. The number of aromatic nitrogens is 1. The topological polar surface area (TPSA) is 51.2 Å². The largest absolute Gasteiger partial charge is 0.377 e. The molecular weight excluding hydrogens is 288 g/mol. The van der Waals surface area contributed by atoms with Gasteiger partial charge in [0.25, 0.3) is 5.91 Å². The van der Waals surface area contributed by atoms with E-state index in [1.54, 1.807) is 6.07 Å². The minimum absolute atomic E-state index is 0.281. The molecule has 0 aliphatic rings. The number of carbonyl (C=O) groups excluding carboxylic acids is 1. The van der Waals surface area contributed by atoms with Gasteiger partial charge >= 0.3 is 0 Å². The Morgan fingerprint density at radius 3 is 2.86 bits per heavy atom. The SMILES string of the molecule is CCOCc1ccccc1NC(=O)c1cnc(C)cc1Cl.